The molecule has 1 saturated carbocycles. The van der Waals surface area contributed by atoms with E-state index in [0.717, 1.165) is 12.8 Å². The van der Waals surface area contributed by atoms with Gasteiger partial charge in [0.05, 0.1) is 11.5 Å². The molecular formula is C9H9BrN2O3. The Balaban J connectivity index is 2.15. The van der Waals surface area contributed by atoms with E-state index in [1.54, 1.807) is 0 Å². The number of hydrogen-bond donors (Lipinski definition) is 0. The van der Waals surface area contributed by atoms with Crippen LogP contribution in [0, 0.1) is 16.0 Å². The lowest BCUT2D eigenvalue weighted by molar-refractivity contribution is -0.386. The number of nitro groups is 1. The summed E-state index contributed by atoms with van der Waals surface area (Å²) in [6.07, 6.45) is 3.78. The third kappa shape index (κ3) is 2.65. The van der Waals surface area contributed by atoms with Crippen LogP contribution in [-0.4, -0.2) is 16.5 Å². The van der Waals surface area contributed by atoms with Crippen LogP contribution in [0.3, 0.4) is 0 Å². The lowest BCUT2D eigenvalue weighted by Crippen LogP contribution is -2.03. The highest BCUT2D eigenvalue weighted by Gasteiger charge is 2.24. The molecule has 6 heteroatoms. The molecule has 1 aromatic heterocycles. The van der Waals surface area contributed by atoms with E-state index in [-0.39, 0.29) is 11.6 Å². The lowest BCUT2D eigenvalue weighted by Gasteiger charge is -2.04. The van der Waals surface area contributed by atoms with Gasteiger partial charge in [-0.3, -0.25) is 10.1 Å². The molecule has 0 atom stereocenters. The molecule has 0 unspecified atom stereocenters. The molecule has 0 N–H and O–H groups in total. The van der Waals surface area contributed by atoms with Crippen LogP contribution in [0.15, 0.2) is 16.7 Å². The molecule has 1 fully saturated rings. The molecule has 0 bridgehead atoms. The number of hydrogen-bond acceptors (Lipinski definition) is 4. The Morgan fingerprint density at radius 2 is 2.40 bits per heavy atom. The van der Waals surface area contributed by atoms with Crippen LogP contribution in [-0.2, 0) is 0 Å². The second kappa shape index (κ2) is 4.14. The van der Waals surface area contributed by atoms with Crippen molar-refractivity contribution in [1.82, 2.24) is 4.98 Å². The van der Waals surface area contributed by atoms with Crippen molar-refractivity contribution in [3.05, 3.63) is 26.9 Å². The molecule has 0 aliphatic heterocycles. The first-order valence-electron chi connectivity index (χ1n) is 4.59. The van der Waals surface area contributed by atoms with Gasteiger partial charge in [0.15, 0.2) is 0 Å². The minimum Gasteiger partial charge on any atom is -0.473 e. The molecule has 80 valence electrons. The number of ether oxygens (including phenoxy) is 1. The first-order valence-corrected chi connectivity index (χ1v) is 5.39. The van der Waals surface area contributed by atoms with Gasteiger partial charge in [-0.1, -0.05) is 0 Å². The standard InChI is InChI=1S/C9H9BrN2O3/c10-7-3-8(12(13)14)9(11-4-7)15-5-6-1-2-6/h3-4,6H,1-2,5H2. The van der Waals surface area contributed by atoms with E-state index in [1.807, 2.05) is 0 Å². The van der Waals surface area contributed by atoms with E-state index < -0.39 is 4.92 Å². The van der Waals surface area contributed by atoms with Crippen LogP contribution in [0.1, 0.15) is 12.8 Å². The predicted molar refractivity (Wildman–Crippen MR) is 56.8 cm³/mol. The van der Waals surface area contributed by atoms with Crippen molar-refractivity contribution in [1.29, 1.82) is 0 Å². The molecule has 0 saturated heterocycles. The summed E-state index contributed by atoms with van der Waals surface area (Å²) in [6, 6.07) is 1.40. The van der Waals surface area contributed by atoms with Gasteiger partial charge >= 0.3 is 5.69 Å². The predicted octanol–water partition coefficient (Wildman–Crippen LogP) is 2.54. The summed E-state index contributed by atoms with van der Waals surface area (Å²) < 4.78 is 5.88. The van der Waals surface area contributed by atoms with Gasteiger partial charge in [-0.05, 0) is 34.7 Å². The lowest BCUT2D eigenvalue weighted by atomic mass is 10.4. The molecule has 5 nitrogen and oxygen atoms in total. The SMILES string of the molecule is O=[N+]([O-])c1cc(Br)cnc1OCC1CC1. The molecule has 1 aromatic rings. The number of halogens is 1. The monoisotopic (exact) mass is 272 g/mol. The quantitative estimate of drug-likeness (QED) is 0.624. The largest absolute Gasteiger partial charge is 0.473 e. The van der Waals surface area contributed by atoms with Gasteiger partial charge in [-0.2, -0.15) is 0 Å². The maximum atomic E-state index is 10.7. The minimum atomic E-state index is -0.486. The van der Waals surface area contributed by atoms with Gasteiger partial charge in [-0.25, -0.2) is 4.98 Å². The molecule has 0 spiro atoms. The van der Waals surface area contributed by atoms with Crippen molar-refractivity contribution in [2.75, 3.05) is 6.61 Å². The van der Waals surface area contributed by atoms with Crippen LogP contribution in [0.4, 0.5) is 5.69 Å². The third-order valence-electron chi connectivity index (χ3n) is 2.15. The summed E-state index contributed by atoms with van der Waals surface area (Å²) in [4.78, 5) is 14.1. The second-order valence-corrected chi connectivity index (χ2v) is 4.40. The molecule has 2 rings (SSSR count). The first kappa shape index (κ1) is 10.4. The Bertz CT molecular complexity index is 393. The normalized spacial score (nSPS) is 15.0. The van der Waals surface area contributed by atoms with Crippen molar-refractivity contribution >= 4 is 21.6 Å². The Labute approximate surface area is 94.7 Å². The third-order valence-corrected chi connectivity index (χ3v) is 2.58. The van der Waals surface area contributed by atoms with Gasteiger partial charge in [-0.15, -0.1) is 0 Å². The van der Waals surface area contributed by atoms with Gasteiger partial charge in [0, 0.05) is 16.7 Å². The first-order chi connectivity index (χ1) is 7.16. The summed E-state index contributed by atoms with van der Waals surface area (Å²) in [5.41, 5.74) is -0.0926. The van der Waals surface area contributed by atoms with Crippen molar-refractivity contribution in [3.8, 4) is 5.88 Å². The van der Waals surface area contributed by atoms with Crippen LogP contribution in [0.25, 0.3) is 0 Å². The van der Waals surface area contributed by atoms with E-state index in [4.69, 9.17) is 4.74 Å². The molecule has 1 heterocycles. The molecule has 0 aromatic carbocycles. The Morgan fingerprint density at radius 1 is 1.67 bits per heavy atom. The fraction of sp³-hybridized carbons (Fsp3) is 0.444. The summed E-state index contributed by atoms with van der Waals surface area (Å²) in [5, 5.41) is 10.7. The molecular weight excluding hydrogens is 264 g/mol. The molecule has 15 heavy (non-hydrogen) atoms. The van der Waals surface area contributed by atoms with Crippen LogP contribution in [0.2, 0.25) is 0 Å². The van der Waals surface area contributed by atoms with E-state index in [1.165, 1.54) is 12.3 Å². The van der Waals surface area contributed by atoms with Crippen molar-refractivity contribution in [2.24, 2.45) is 5.92 Å². The van der Waals surface area contributed by atoms with E-state index in [2.05, 4.69) is 20.9 Å². The zero-order valence-electron chi connectivity index (χ0n) is 7.85. The Kier molecular flexibility index (Phi) is 2.86. The minimum absolute atomic E-state index is 0.0926. The second-order valence-electron chi connectivity index (χ2n) is 3.49. The van der Waals surface area contributed by atoms with E-state index in [0.29, 0.717) is 17.0 Å². The molecule has 0 radical (unpaired) electrons. The van der Waals surface area contributed by atoms with Gasteiger partial charge < -0.3 is 4.74 Å². The highest BCUT2D eigenvalue weighted by atomic mass is 79.9. The summed E-state index contributed by atoms with van der Waals surface area (Å²) in [7, 11) is 0. The van der Waals surface area contributed by atoms with Crippen molar-refractivity contribution < 1.29 is 9.66 Å². The van der Waals surface area contributed by atoms with Crippen LogP contribution < -0.4 is 4.74 Å². The highest BCUT2D eigenvalue weighted by molar-refractivity contribution is 9.10. The maximum absolute atomic E-state index is 10.7. The summed E-state index contributed by atoms with van der Waals surface area (Å²) >= 11 is 3.13. The highest BCUT2D eigenvalue weighted by Crippen LogP contribution is 2.32. The van der Waals surface area contributed by atoms with Gasteiger partial charge in [0.2, 0.25) is 0 Å². The smallest absolute Gasteiger partial charge is 0.332 e. The zero-order valence-corrected chi connectivity index (χ0v) is 9.44. The average Bonchev–Trinajstić information content (AvgIpc) is 2.99. The number of pyridine rings is 1. The van der Waals surface area contributed by atoms with Crippen LogP contribution in [0.5, 0.6) is 5.88 Å². The number of rotatable bonds is 4. The zero-order chi connectivity index (χ0) is 10.8. The van der Waals surface area contributed by atoms with Crippen molar-refractivity contribution in [2.45, 2.75) is 12.8 Å². The van der Waals surface area contributed by atoms with Crippen LogP contribution >= 0.6 is 15.9 Å². The Hall–Kier alpha value is -1.17. The fourth-order valence-electron chi connectivity index (χ4n) is 1.14. The summed E-state index contributed by atoms with van der Waals surface area (Å²) in [5.74, 6) is 0.658. The topological polar surface area (TPSA) is 65.3 Å². The average molecular weight is 273 g/mol. The molecule has 1 aliphatic carbocycles. The molecule has 1 aliphatic rings. The van der Waals surface area contributed by atoms with E-state index >= 15 is 0 Å². The number of aromatic nitrogens is 1. The summed E-state index contributed by atoms with van der Waals surface area (Å²) in [6.45, 7) is 0.523. The molecule has 0 amide bonds. The van der Waals surface area contributed by atoms with Gasteiger partial charge in [0.1, 0.15) is 0 Å². The van der Waals surface area contributed by atoms with E-state index in [9.17, 15) is 10.1 Å². The Morgan fingerprint density at radius 3 is 3.00 bits per heavy atom. The van der Waals surface area contributed by atoms with Gasteiger partial charge in [0.25, 0.3) is 5.88 Å². The number of nitrogens with zero attached hydrogens (tertiary/aromatic N) is 2. The van der Waals surface area contributed by atoms with Crippen molar-refractivity contribution in [3.63, 3.8) is 0 Å². The maximum Gasteiger partial charge on any atom is 0.332 e. The fourth-order valence-corrected chi connectivity index (χ4v) is 1.46.